The maximum atomic E-state index is 11.8. The molecule has 0 N–H and O–H groups in total. The van der Waals surface area contributed by atoms with Crippen LogP contribution in [-0.2, 0) is 14.3 Å². The van der Waals surface area contributed by atoms with Gasteiger partial charge in [-0.2, -0.15) is 13.2 Å². The van der Waals surface area contributed by atoms with Crippen molar-refractivity contribution in [2.24, 2.45) is 0 Å². The molecule has 0 aromatic heterocycles. The van der Waals surface area contributed by atoms with Crippen molar-refractivity contribution in [1.29, 1.82) is 0 Å². The molecule has 1 fully saturated rings. The smallest absolute Gasteiger partial charge is 0.377 e. The van der Waals surface area contributed by atoms with Crippen molar-refractivity contribution in [3.63, 3.8) is 0 Å². The number of halogens is 4. The fourth-order valence-electron chi connectivity index (χ4n) is 1.60. The van der Waals surface area contributed by atoms with Gasteiger partial charge in [-0.15, -0.1) is 0 Å². The molecule has 0 bridgehead atoms. The van der Waals surface area contributed by atoms with Gasteiger partial charge in [-0.25, -0.2) is 0 Å². The third-order valence-electron chi connectivity index (χ3n) is 2.45. The zero-order valence-electron chi connectivity index (χ0n) is 9.71. The average molecular weight is 334 g/mol. The van der Waals surface area contributed by atoms with Crippen molar-refractivity contribution in [3.05, 3.63) is 0 Å². The van der Waals surface area contributed by atoms with Gasteiger partial charge in [0.05, 0.1) is 32.3 Å². The predicted molar refractivity (Wildman–Crippen MR) is 61.6 cm³/mol. The second kappa shape index (κ2) is 7.30. The molecule has 4 nitrogen and oxygen atoms in total. The molecule has 1 rings (SSSR count). The van der Waals surface area contributed by atoms with Gasteiger partial charge in [0.15, 0.2) is 0 Å². The minimum absolute atomic E-state index is 0.0421. The first-order chi connectivity index (χ1) is 8.44. The van der Waals surface area contributed by atoms with E-state index in [1.807, 2.05) is 0 Å². The Hall–Kier alpha value is -0.340. The number of morpholine rings is 1. The second-order valence-corrected chi connectivity index (χ2v) is 4.54. The van der Waals surface area contributed by atoms with Crippen LogP contribution in [0.1, 0.15) is 6.42 Å². The topological polar surface area (TPSA) is 38.8 Å². The van der Waals surface area contributed by atoms with Gasteiger partial charge >= 0.3 is 6.18 Å². The summed E-state index contributed by atoms with van der Waals surface area (Å²) in [4.78, 5) is 13.4. The van der Waals surface area contributed by atoms with Gasteiger partial charge in [0.1, 0.15) is 6.61 Å². The van der Waals surface area contributed by atoms with Gasteiger partial charge < -0.3 is 14.4 Å². The lowest BCUT2D eigenvalue weighted by molar-refractivity contribution is -0.175. The van der Waals surface area contributed by atoms with Crippen LogP contribution < -0.4 is 0 Å². The van der Waals surface area contributed by atoms with E-state index in [1.165, 1.54) is 0 Å². The number of carbonyl (C=O) groups is 1. The molecule has 0 aromatic rings. The SMILES string of the molecule is O=C(CCOCC(F)(F)F)N1CCOCC1CBr. The molecule has 1 unspecified atom stereocenters. The second-order valence-electron chi connectivity index (χ2n) is 3.89. The summed E-state index contributed by atoms with van der Waals surface area (Å²) < 4.78 is 45.1. The third-order valence-corrected chi connectivity index (χ3v) is 3.20. The number of rotatable bonds is 5. The molecule has 0 saturated carbocycles. The van der Waals surface area contributed by atoms with Crippen LogP contribution in [0.15, 0.2) is 0 Å². The number of alkyl halides is 4. The monoisotopic (exact) mass is 333 g/mol. The van der Waals surface area contributed by atoms with E-state index in [9.17, 15) is 18.0 Å². The summed E-state index contributed by atoms with van der Waals surface area (Å²) in [6, 6.07) is -0.0612. The summed E-state index contributed by atoms with van der Waals surface area (Å²) >= 11 is 3.27. The molecule has 1 atom stereocenters. The standard InChI is InChI=1S/C10H15BrF3NO3/c11-5-8-6-17-4-2-15(8)9(16)1-3-18-7-10(12,13)14/h8H,1-7H2. The molecule has 1 aliphatic heterocycles. The van der Waals surface area contributed by atoms with Gasteiger partial charge in [0, 0.05) is 11.9 Å². The highest BCUT2D eigenvalue weighted by Gasteiger charge is 2.28. The van der Waals surface area contributed by atoms with E-state index < -0.39 is 12.8 Å². The number of ether oxygens (including phenoxy) is 2. The van der Waals surface area contributed by atoms with Gasteiger partial charge in [-0.1, -0.05) is 15.9 Å². The minimum Gasteiger partial charge on any atom is -0.377 e. The van der Waals surface area contributed by atoms with Gasteiger partial charge in [0.25, 0.3) is 0 Å². The molecule has 1 saturated heterocycles. The first-order valence-corrected chi connectivity index (χ1v) is 6.64. The Morgan fingerprint density at radius 2 is 2.22 bits per heavy atom. The van der Waals surface area contributed by atoms with Crippen molar-refractivity contribution in [1.82, 2.24) is 4.90 Å². The lowest BCUT2D eigenvalue weighted by Crippen LogP contribution is -2.49. The van der Waals surface area contributed by atoms with E-state index >= 15 is 0 Å². The van der Waals surface area contributed by atoms with Crippen molar-refractivity contribution in [2.45, 2.75) is 18.6 Å². The summed E-state index contributed by atoms with van der Waals surface area (Å²) in [6.07, 6.45) is -4.39. The van der Waals surface area contributed by atoms with Gasteiger partial charge in [-0.3, -0.25) is 4.79 Å². The molecule has 106 valence electrons. The Kier molecular flexibility index (Phi) is 6.37. The van der Waals surface area contributed by atoms with Crippen LogP contribution in [0, 0.1) is 0 Å². The van der Waals surface area contributed by atoms with Crippen LogP contribution in [0.4, 0.5) is 13.2 Å². The van der Waals surface area contributed by atoms with Crippen LogP contribution in [0.5, 0.6) is 0 Å². The molecular weight excluding hydrogens is 319 g/mol. The quantitative estimate of drug-likeness (QED) is 0.566. The Morgan fingerprint density at radius 1 is 1.50 bits per heavy atom. The number of hydrogen-bond donors (Lipinski definition) is 0. The van der Waals surface area contributed by atoms with Crippen LogP contribution in [0.25, 0.3) is 0 Å². The predicted octanol–water partition coefficient (Wildman–Crippen LogP) is 1.58. The molecule has 1 amide bonds. The molecule has 0 spiro atoms. The summed E-state index contributed by atoms with van der Waals surface area (Å²) in [5, 5.41) is 0.585. The first-order valence-electron chi connectivity index (χ1n) is 5.51. The number of nitrogens with zero attached hydrogens (tertiary/aromatic N) is 1. The molecule has 8 heteroatoms. The highest BCUT2D eigenvalue weighted by atomic mass is 79.9. The van der Waals surface area contributed by atoms with Crippen LogP contribution in [-0.4, -0.2) is 61.3 Å². The normalized spacial score (nSPS) is 21.1. The molecule has 1 heterocycles. The zero-order chi connectivity index (χ0) is 13.6. The zero-order valence-corrected chi connectivity index (χ0v) is 11.3. The third kappa shape index (κ3) is 5.53. The van der Waals surface area contributed by atoms with E-state index in [0.717, 1.165) is 0 Å². The van der Waals surface area contributed by atoms with Gasteiger partial charge in [-0.05, 0) is 0 Å². The number of carbonyl (C=O) groups excluding carboxylic acids is 1. The summed E-state index contributed by atoms with van der Waals surface area (Å²) in [6.45, 7) is -0.163. The summed E-state index contributed by atoms with van der Waals surface area (Å²) in [5.41, 5.74) is 0. The van der Waals surface area contributed by atoms with E-state index in [4.69, 9.17) is 4.74 Å². The van der Waals surface area contributed by atoms with Crippen molar-refractivity contribution in [3.8, 4) is 0 Å². The Labute approximate surface area is 112 Å². The largest absolute Gasteiger partial charge is 0.411 e. The molecule has 18 heavy (non-hydrogen) atoms. The number of hydrogen-bond acceptors (Lipinski definition) is 3. The van der Waals surface area contributed by atoms with Crippen molar-refractivity contribution >= 4 is 21.8 Å². The maximum Gasteiger partial charge on any atom is 0.411 e. The molecule has 0 aromatic carbocycles. The molecule has 0 radical (unpaired) electrons. The van der Waals surface area contributed by atoms with Gasteiger partial charge in [0.2, 0.25) is 5.91 Å². The highest BCUT2D eigenvalue weighted by Crippen LogP contribution is 2.15. The Morgan fingerprint density at radius 3 is 2.83 bits per heavy atom. The van der Waals surface area contributed by atoms with Crippen molar-refractivity contribution < 1.29 is 27.4 Å². The van der Waals surface area contributed by atoms with Crippen molar-refractivity contribution in [2.75, 3.05) is 38.3 Å². The Bertz CT molecular complexity index is 276. The first kappa shape index (κ1) is 15.7. The Balaban J connectivity index is 2.27. The van der Waals surface area contributed by atoms with E-state index in [1.54, 1.807) is 4.90 Å². The summed E-state index contributed by atoms with van der Waals surface area (Å²) in [7, 11) is 0. The number of amides is 1. The van der Waals surface area contributed by atoms with Crippen LogP contribution in [0.3, 0.4) is 0 Å². The fourth-order valence-corrected chi connectivity index (χ4v) is 2.14. The van der Waals surface area contributed by atoms with E-state index in [0.29, 0.717) is 25.1 Å². The molecular formula is C10H15BrF3NO3. The van der Waals surface area contributed by atoms with Crippen LogP contribution in [0.2, 0.25) is 0 Å². The maximum absolute atomic E-state index is 11.8. The highest BCUT2D eigenvalue weighted by molar-refractivity contribution is 9.09. The molecule has 0 aliphatic carbocycles. The van der Waals surface area contributed by atoms with E-state index in [2.05, 4.69) is 20.7 Å². The van der Waals surface area contributed by atoms with Crippen LogP contribution >= 0.6 is 15.9 Å². The average Bonchev–Trinajstić information content (AvgIpc) is 2.33. The minimum atomic E-state index is -4.35. The lowest BCUT2D eigenvalue weighted by Gasteiger charge is -2.34. The summed E-state index contributed by atoms with van der Waals surface area (Å²) in [5.74, 6) is -0.204. The molecule has 1 aliphatic rings. The lowest BCUT2D eigenvalue weighted by atomic mass is 10.2. The fraction of sp³-hybridized carbons (Fsp3) is 0.900. The van der Waals surface area contributed by atoms with E-state index in [-0.39, 0.29) is 25.0 Å².